The van der Waals surface area contributed by atoms with E-state index in [9.17, 15) is 4.79 Å². The van der Waals surface area contributed by atoms with Crippen LogP contribution in [-0.2, 0) is 0 Å². The van der Waals surface area contributed by atoms with Crippen LogP contribution in [0.5, 0.6) is 0 Å². The van der Waals surface area contributed by atoms with Crippen molar-refractivity contribution in [2.24, 2.45) is 0 Å². The smallest absolute Gasteiger partial charge is 0.277 e. The number of aromatic nitrogens is 4. The summed E-state index contributed by atoms with van der Waals surface area (Å²) in [5.41, 5.74) is 1.24. The lowest BCUT2D eigenvalue weighted by molar-refractivity contribution is 0.102. The van der Waals surface area contributed by atoms with E-state index in [-0.39, 0.29) is 11.6 Å². The molecule has 2 aromatic heterocycles. The molecule has 2 heterocycles. The van der Waals surface area contributed by atoms with Crippen LogP contribution in [-0.4, -0.2) is 26.1 Å². The maximum absolute atomic E-state index is 11.7. The number of hydrogen-bond acceptors (Lipinski definition) is 4. The normalized spacial score (nSPS) is 10.5. The van der Waals surface area contributed by atoms with E-state index in [2.05, 4.69) is 25.5 Å². The van der Waals surface area contributed by atoms with Crippen LogP contribution < -0.4 is 5.32 Å². The third-order valence-corrected chi connectivity index (χ3v) is 2.26. The average Bonchev–Trinajstić information content (AvgIpc) is 2.79. The number of rotatable bonds is 3. The van der Waals surface area contributed by atoms with E-state index in [4.69, 9.17) is 0 Å². The maximum Gasteiger partial charge on any atom is 0.277 e. The second-order valence-corrected chi connectivity index (χ2v) is 3.91. The molecule has 88 valence electrons. The first-order chi connectivity index (χ1) is 8.16. The predicted octanol–water partition coefficient (Wildman–Crippen LogP) is 1.58. The molecule has 0 fully saturated rings. The van der Waals surface area contributed by atoms with Gasteiger partial charge in [-0.05, 0) is 5.92 Å². The highest BCUT2D eigenvalue weighted by Crippen LogP contribution is 2.14. The molecule has 0 bridgehead atoms. The van der Waals surface area contributed by atoms with Gasteiger partial charge in [-0.15, -0.1) is 0 Å². The van der Waals surface area contributed by atoms with E-state index in [1.807, 2.05) is 13.8 Å². The fourth-order valence-corrected chi connectivity index (χ4v) is 1.29. The van der Waals surface area contributed by atoms with Gasteiger partial charge < -0.3 is 5.32 Å². The number of aromatic amines is 1. The highest BCUT2D eigenvalue weighted by Gasteiger charge is 2.10. The van der Waals surface area contributed by atoms with Crippen LogP contribution in [0.25, 0.3) is 0 Å². The zero-order valence-corrected chi connectivity index (χ0v) is 9.64. The van der Waals surface area contributed by atoms with Gasteiger partial charge in [0.05, 0.1) is 6.20 Å². The van der Waals surface area contributed by atoms with Gasteiger partial charge in [0.2, 0.25) is 0 Å². The number of hydrogen-bond donors (Lipinski definition) is 2. The summed E-state index contributed by atoms with van der Waals surface area (Å²) in [6.45, 7) is 4.09. The van der Waals surface area contributed by atoms with Gasteiger partial charge in [-0.3, -0.25) is 14.9 Å². The van der Waals surface area contributed by atoms with Crippen molar-refractivity contribution >= 4 is 11.7 Å². The number of amides is 1. The van der Waals surface area contributed by atoms with Crippen LogP contribution >= 0.6 is 0 Å². The molecule has 0 aromatic carbocycles. The quantitative estimate of drug-likeness (QED) is 0.839. The first kappa shape index (κ1) is 11.3. The fourth-order valence-electron chi connectivity index (χ4n) is 1.29. The number of H-pyrrole nitrogens is 1. The van der Waals surface area contributed by atoms with E-state index >= 15 is 0 Å². The number of nitrogens with zero attached hydrogens (tertiary/aromatic N) is 3. The summed E-state index contributed by atoms with van der Waals surface area (Å²) in [4.78, 5) is 19.5. The van der Waals surface area contributed by atoms with Crippen molar-refractivity contribution in [2.75, 3.05) is 5.32 Å². The summed E-state index contributed by atoms with van der Waals surface area (Å²) in [6, 6.07) is 1.80. The molecule has 1 amide bonds. The summed E-state index contributed by atoms with van der Waals surface area (Å²) in [7, 11) is 0. The third kappa shape index (κ3) is 2.66. The zero-order valence-electron chi connectivity index (χ0n) is 9.64. The SMILES string of the molecule is CC(C)c1cc(NC(=O)c2cnccn2)n[nH]1. The number of carbonyl (C=O) groups is 1. The van der Waals surface area contributed by atoms with E-state index in [0.717, 1.165) is 5.69 Å². The molecule has 6 nitrogen and oxygen atoms in total. The molecule has 0 aliphatic carbocycles. The van der Waals surface area contributed by atoms with Crippen molar-refractivity contribution in [3.05, 3.63) is 36.0 Å². The van der Waals surface area contributed by atoms with E-state index in [1.54, 1.807) is 6.07 Å². The van der Waals surface area contributed by atoms with Crippen LogP contribution in [0.2, 0.25) is 0 Å². The minimum absolute atomic E-state index is 0.265. The molecular formula is C11H13N5O. The van der Waals surface area contributed by atoms with Crippen LogP contribution in [0.1, 0.15) is 35.9 Å². The molecule has 0 atom stereocenters. The van der Waals surface area contributed by atoms with Crippen LogP contribution in [0.4, 0.5) is 5.82 Å². The van der Waals surface area contributed by atoms with E-state index in [0.29, 0.717) is 11.7 Å². The van der Waals surface area contributed by atoms with Crippen molar-refractivity contribution in [1.29, 1.82) is 0 Å². The number of carbonyl (C=O) groups excluding carboxylic acids is 1. The Hall–Kier alpha value is -2.24. The highest BCUT2D eigenvalue weighted by atomic mass is 16.1. The van der Waals surface area contributed by atoms with Crippen molar-refractivity contribution in [3.8, 4) is 0 Å². The molecule has 2 aromatic rings. The van der Waals surface area contributed by atoms with Gasteiger partial charge in [-0.1, -0.05) is 13.8 Å². The Morgan fingerprint density at radius 2 is 2.24 bits per heavy atom. The van der Waals surface area contributed by atoms with Gasteiger partial charge >= 0.3 is 0 Å². The van der Waals surface area contributed by atoms with Gasteiger partial charge in [-0.25, -0.2) is 4.98 Å². The Labute approximate surface area is 98.5 Å². The van der Waals surface area contributed by atoms with Crippen LogP contribution in [0.15, 0.2) is 24.7 Å². The minimum Gasteiger partial charge on any atom is -0.304 e. The van der Waals surface area contributed by atoms with Gasteiger partial charge in [-0.2, -0.15) is 5.10 Å². The summed E-state index contributed by atoms with van der Waals surface area (Å²) in [5.74, 6) is 0.508. The predicted molar refractivity (Wildman–Crippen MR) is 62.7 cm³/mol. The van der Waals surface area contributed by atoms with E-state index in [1.165, 1.54) is 18.6 Å². The molecule has 2 rings (SSSR count). The highest BCUT2D eigenvalue weighted by molar-refractivity contribution is 6.02. The van der Waals surface area contributed by atoms with Crippen LogP contribution in [0.3, 0.4) is 0 Å². The van der Waals surface area contributed by atoms with Crippen molar-refractivity contribution in [2.45, 2.75) is 19.8 Å². The molecule has 0 aliphatic rings. The second kappa shape index (κ2) is 4.73. The number of nitrogens with one attached hydrogen (secondary N) is 2. The molecular weight excluding hydrogens is 218 g/mol. The Morgan fingerprint density at radius 1 is 1.41 bits per heavy atom. The van der Waals surface area contributed by atoms with Gasteiger partial charge in [0, 0.05) is 24.2 Å². The lowest BCUT2D eigenvalue weighted by Gasteiger charge is -1.99. The molecule has 17 heavy (non-hydrogen) atoms. The first-order valence-corrected chi connectivity index (χ1v) is 5.29. The van der Waals surface area contributed by atoms with E-state index < -0.39 is 0 Å². The summed E-state index contributed by atoms with van der Waals surface area (Å²) >= 11 is 0. The van der Waals surface area contributed by atoms with Crippen LogP contribution in [0, 0.1) is 0 Å². The van der Waals surface area contributed by atoms with Crippen molar-refractivity contribution in [3.63, 3.8) is 0 Å². The summed E-state index contributed by atoms with van der Waals surface area (Å²) in [6.07, 6.45) is 4.40. The summed E-state index contributed by atoms with van der Waals surface area (Å²) < 4.78 is 0. The molecule has 6 heteroatoms. The van der Waals surface area contributed by atoms with Crippen molar-refractivity contribution < 1.29 is 4.79 Å². The van der Waals surface area contributed by atoms with Gasteiger partial charge in [0.15, 0.2) is 5.82 Å². The second-order valence-electron chi connectivity index (χ2n) is 3.91. The molecule has 0 radical (unpaired) electrons. The maximum atomic E-state index is 11.7. The fraction of sp³-hybridized carbons (Fsp3) is 0.273. The largest absolute Gasteiger partial charge is 0.304 e. The Morgan fingerprint density at radius 3 is 2.82 bits per heavy atom. The molecule has 2 N–H and O–H groups in total. The lowest BCUT2D eigenvalue weighted by atomic mass is 10.1. The third-order valence-electron chi connectivity index (χ3n) is 2.26. The first-order valence-electron chi connectivity index (χ1n) is 5.29. The molecule has 0 saturated heterocycles. The Balaban J connectivity index is 2.08. The Bertz CT molecular complexity index is 506. The molecule has 0 saturated carbocycles. The minimum atomic E-state index is -0.320. The molecule has 0 spiro atoms. The topological polar surface area (TPSA) is 83.6 Å². The van der Waals surface area contributed by atoms with Gasteiger partial charge in [0.1, 0.15) is 5.69 Å². The zero-order chi connectivity index (χ0) is 12.3. The monoisotopic (exact) mass is 231 g/mol. The molecule has 0 unspecified atom stereocenters. The average molecular weight is 231 g/mol. The van der Waals surface area contributed by atoms with Gasteiger partial charge in [0.25, 0.3) is 5.91 Å². The number of anilines is 1. The summed E-state index contributed by atoms with van der Waals surface area (Å²) in [5, 5.41) is 9.51. The lowest BCUT2D eigenvalue weighted by Crippen LogP contribution is -2.13. The Kier molecular flexibility index (Phi) is 3.13. The molecule has 0 aliphatic heterocycles. The standard InChI is InChI=1S/C11H13N5O/c1-7(2)8-5-10(16-15-8)14-11(17)9-6-12-3-4-13-9/h3-7H,1-2H3,(H2,14,15,16,17). The van der Waals surface area contributed by atoms with Crippen molar-refractivity contribution in [1.82, 2.24) is 20.2 Å².